The third-order valence-electron chi connectivity index (χ3n) is 4.74. The first kappa shape index (κ1) is 20.9. The maximum atomic E-state index is 12.5. The Hall–Kier alpha value is -3.37. The Balaban J connectivity index is 1.37. The molecule has 162 valence electrons. The SMILES string of the molecule is CN(C)S(=O)(=O)c1ccc(C(=O)Nc2cnn(C[C@H]3COc4ccccc4O3)c2)cc1. The number of rotatable bonds is 6. The fourth-order valence-electron chi connectivity index (χ4n) is 3.08. The maximum absolute atomic E-state index is 12.5. The summed E-state index contributed by atoms with van der Waals surface area (Å²) in [5, 5.41) is 7.02. The van der Waals surface area contributed by atoms with Crippen LogP contribution in [0, 0.1) is 0 Å². The highest BCUT2D eigenvalue weighted by Crippen LogP contribution is 2.31. The first-order chi connectivity index (χ1) is 14.8. The summed E-state index contributed by atoms with van der Waals surface area (Å²) in [6, 6.07) is 13.2. The van der Waals surface area contributed by atoms with E-state index in [0.29, 0.717) is 30.2 Å². The molecule has 4 rings (SSSR count). The number of para-hydroxylation sites is 2. The van der Waals surface area contributed by atoms with Gasteiger partial charge in [-0.3, -0.25) is 9.48 Å². The monoisotopic (exact) mass is 442 g/mol. The molecule has 9 nitrogen and oxygen atoms in total. The number of hydrogen-bond donors (Lipinski definition) is 1. The number of benzene rings is 2. The molecule has 1 aliphatic rings. The predicted octanol–water partition coefficient (Wildman–Crippen LogP) is 2.23. The molecule has 0 aliphatic carbocycles. The lowest BCUT2D eigenvalue weighted by Gasteiger charge is -2.26. The Labute approximate surface area is 180 Å². The van der Waals surface area contributed by atoms with Gasteiger partial charge in [0.2, 0.25) is 10.0 Å². The Bertz CT molecular complexity index is 1190. The van der Waals surface area contributed by atoms with E-state index in [0.717, 1.165) is 10.1 Å². The molecule has 1 aromatic heterocycles. The van der Waals surface area contributed by atoms with E-state index in [4.69, 9.17) is 9.47 Å². The zero-order valence-electron chi connectivity index (χ0n) is 17.1. The van der Waals surface area contributed by atoms with E-state index in [1.165, 1.54) is 38.4 Å². The van der Waals surface area contributed by atoms with Gasteiger partial charge in [0.25, 0.3) is 5.91 Å². The minimum Gasteiger partial charge on any atom is -0.486 e. The summed E-state index contributed by atoms with van der Waals surface area (Å²) in [6.45, 7) is 0.863. The standard InChI is InChI=1S/C21H22N4O5S/c1-24(2)31(27,28)18-9-7-15(8-10-18)21(26)23-16-11-22-25(12-16)13-17-14-29-19-5-3-4-6-20(19)30-17/h3-12,17H,13-14H2,1-2H3,(H,23,26)/t17-/m0/s1. The highest BCUT2D eigenvalue weighted by molar-refractivity contribution is 7.89. The summed E-state index contributed by atoms with van der Waals surface area (Å²) in [6.07, 6.45) is 3.04. The number of fused-ring (bicyclic) bond motifs is 1. The van der Waals surface area contributed by atoms with Crippen molar-refractivity contribution in [3.63, 3.8) is 0 Å². The number of sulfonamides is 1. The highest BCUT2D eigenvalue weighted by Gasteiger charge is 2.22. The summed E-state index contributed by atoms with van der Waals surface area (Å²) in [4.78, 5) is 12.6. The van der Waals surface area contributed by atoms with Gasteiger partial charge in [-0.1, -0.05) is 12.1 Å². The van der Waals surface area contributed by atoms with E-state index in [9.17, 15) is 13.2 Å². The van der Waals surface area contributed by atoms with Gasteiger partial charge in [-0.05, 0) is 36.4 Å². The van der Waals surface area contributed by atoms with E-state index in [-0.39, 0.29) is 16.9 Å². The molecule has 0 bridgehead atoms. The van der Waals surface area contributed by atoms with Crippen LogP contribution in [0.2, 0.25) is 0 Å². The Kier molecular flexibility index (Phi) is 5.66. The number of aromatic nitrogens is 2. The minimum absolute atomic E-state index is 0.123. The molecule has 10 heteroatoms. The first-order valence-electron chi connectivity index (χ1n) is 9.58. The van der Waals surface area contributed by atoms with Crippen molar-refractivity contribution < 1.29 is 22.7 Å². The lowest BCUT2D eigenvalue weighted by molar-refractivity contribution is 0.0759. The van der Waals surface area contributed by atoms with Crippen LogP contribution in [0.5, 0.6) is 11.5 Å². The fourth-order valence-corrected chi connectivity index (χ4v) is 3.98. The Morgan fingerprint density at radius 1 is 1.16 bits per heavy atom. The minimum atomic E-state index is -3.54. The van der Waals surface area contributed by atoms with Gasteiger partial charge in [0.15, 0.2) is 17.6 Å². The third kappa shape index (κ3) is 4.54. The second-order valence-electron chi connectivity index (χ2n) is 7.21. The van der Waals surface area contributed by atoms with E-state index < -0.39 is 10.0 Å². The summed E-state index contributed by atoms with van der Waals surface area (Å²) in [5.74, 6) is 1.05. The van der Waals surface area contributed by atoms with Crippen molar-refractivity contribution in [3.05, 3.63) is 66.5 Å². The van der Waals surface area contributed by atoms with Crippen LogP contribution in [0.15, 0.2) is 65.8 Å². The van der Waals surface area contributed by atoms with Gasteiger partial charge >= 0.3 is 0 Å². The summed E-state index contributed by atoms with van der Waals surface area (Å²) < 4.78 is 38.7. The largest absolute Gasteiger partial charge is 0.486 e. The van der Waals surface area contributed by atoms with Crippen molar-refractivity contribution in [2.24, 2.45) is 0 Å². The van der Waals surface area contributed by atoms with Gasteiger partial charge in [-0.15, -0.1) is 0 Å². The summed E-state index contributed by atoms with van der Waals surface area (Å²) >= 11 is 0. The molecule has 0 saturated heterocycles. The molecule has 0 radical (unpaired) electrons. The number of ether oxygens (including phenoxy) is 2. The van der Waals surface area contributed by atoms with Gasteiger partial charge in [-0.2, -0.15) is 5.10 Å². The van der Waals surface area contributed by atoms with Crippen LogP contribution in [0.4, 0.5) is 5.69 Å². The molecule has 1 N–H and O–H groups in total. The lowest BCUT2D eigenvalue weighted by atomic mass is 10.2. The molecule has 2 aromatic carbocycles. The number of amides is 1. The van der Waals surface area contributed by atoms with Crippen LogP contribution >= 0.6 is 0 Å². The molecule has 0 saturated carbocycles. The highest BCUT2D eigenvalue weighted by atomic mass is 32.2. The zero-order valence-corrected chi connectivity index (χ0v) is 17.9. The predicted molar refractivity (Wildman–Crippen MR) is 114 cm³/mol. The van der Waals surface area contributed by atoms with Gasteiger partial charge in [0.05, 0.1) is 23.3 Å². The molecular formula is C21H22N4O5S. The topological polar surface area (TPSA) is 103 Å². The molecule has 0 unspecified atom stereocenters. The van der Waals surface area contributed by atoms with Crippen molar-refractivity contribution in [3.8, 4) is 11.5 Å². The van der Waals surface area contributed by atoms with Crippen LogP contribution in [0.1, 0.15) is 10.4 Å². The fraction of sp³-hybridized carbons (Fsp3) is 0.238. The van der Waals surface area contributed by atoms with Crippen molar-refractivity contribution in [1.29, 1.82) is 0 Å². The normalized spacial score (nSPS) is 15.6. The van der Waals surface area contributed by atoms with Gasteiger partial charge in [0, 0.05) is 25.9 Å². The molecule has 31 heavy (non-hydrogen) atoms. The molecule has 2 heterocycles. The Morgan fingerprint density at radius 2 is 1.87 bits per heavy atom. The second-order valence-corrected chi connectivity index (χ2v) is 9.37. The lowest BCUT2D eigenvalue weighted by Crippen LogP contribution is -2.33. The molecule has 1 amide bonds. The van der Waals surface area contributed by atoms with Gasteiger partial charge in [-0.25, -0.2) is 12.7 Å². The molecule has 1 atom stereocenters. The van der Waals surface area contributed by atoms with Crippen LogP contribution < -0.4 is 14.8 Å². The first-order valence-corrected chi connectivity index (χ1v) is 11.0. The quantitative estimate of drug-likeness (QED) is 0.628. The molecule has 0 spiro atoms. The number of carbonyl (C=O) groups excluding carboxylic acids is 1. The van der Waals surface area contributed by atoms with Crippen LogP contribution in [-0.4, -0.2) is 55.2 Å². The Morgan fingerprint density at radius 3 is 2.58 bits per heavy atom. The zero-order chi connectivity index (χ0) is 22.0. The second kappa shape index (κ2) is 8.40. The number of hydrogen-bond acceptors (Lipinski definition) is 6. The number of carbonyl (C=O) groups is 1. The summed E-state index contributed by atoms with van der Waals surface area (Å²) in [5.41, 5.74) is 0.859. The molecule has 3 aromatic rings. The average Bonchev–Trinajstić information content (AvgIpc) is 3.20. The third-order valence-corrected chi connectivity index (χ3v) is 6.57. The van der Waals surface area contributed by atoms with Gasteiger partial charge < -0.3 is 14.8 Å². The van der Waals surface area contributed by atoms with E-state index in [1.54, 1.807) is 17.1 Å². The van der Waals surface area contributed by atoms with Crippen LogP contribution in [0.3, 0.4) is 0 Å². The van der Waals surface area contributed by atoms with Crippen molar-refractivity contribution in [2.45, 2.75) is 17.5 Å². The maximum Gasteiger partial charge on any atom is 0.255 e. The van der Waals surface area contributed by atoms with Crippen molar-refractivity contribution in [1.82, 2.24) is 14.1 Å². The number of anilines is 1. The van der Waals surface area contributed by atoms with Gasteiger partial charge in [0.1, 0.15) is 6.61 Å². The van der Waals surface area contributed by atoms with Crippen molar-refractivity contribution in [2.75, 3.05) is 26.0 Å². The molecule has 0 fully saturated rings. The summed E-state index contributed by atoms with van der Waals surface area (Å²) in [7, 11) is -0.631. The van der Waals surface area contributed by atoms with Crippen LogP contribution in [-0.2, 0) is 16.6 Å². The van der Waals surface area contributed by atoms with E-state index >= 15 is 0 Å². The number of nitrogens with one attached hydrogen (secondary N) is 1. The average molecular weight is 442 g/mol. The van der Waals surface area contributed by atoms with Crippen LogP contribution in [0.25, 0.3) is 0 Å². The van der Waals surface area contributed by atoms with Crippen molar-refractivity contribution >= 4 is 21.6 Å². The molecule has 1 aliphatic heterocycles. The van der Waals surface area contributed by atoms with E-state index in [1.807, 2.05) is 24.3 Å². The number of nitrogens with zero attached hydrogens (tertiary/aromatic N) is 3. The smallest absolute Gasteiger partial charge is 0.255 e. The van der Waals surface area contributed by atoms with E-state index in [2.05, 4.69) is 10.4 Å². The molecular weight excluding hydrogens is 420 g/mol.